The molecular weight excluding hydrogens is 829 g/mol. The molecule has 0 N–H and O–H groups in total. The van der Waals surface area contributed by atoms with Crippen molar-refractivity contribution >= 4 is 17.9 Å². The third-order valence-corrected chi connectivity index (χ3v) is 12.5. The van der Waals surface area contributed by atoms with Crippen molar-refractivity contribution in [2.75, 3.05) is 13.2 Å². The van der Waals surface area contributed by atoms with Crippen molar-refractivity contribution in [1.82, 2.24) is 0 Å². The molecule has 0 heterocycles. The molecule has 0 amide bonds. The van der Waals surface area contributed by atoms with Gasteiger partial charge in [-0.3, -0.25) is 14.4 Å². The van der Waals surface area contributed by atoms with Gasteiger partial charge >= 0.3 is 17.9 Å². The van der Waals surface area contributed by atoms with Crippen LogP contribution in [0.3, 0.4) is 0 Å². The molecule has 0 aromatic heterocycles. The molecule has 0 spiro atoms. The Hall–Kier alpha value is -2.89. The highest BCUT2D eigenvalue weighted by Crippen LogP contribution is 2.16. The average Bonchev–Trinajstić information content (AvgIpc) is 3.33. The smallest absolute Gasteiger partial charge is 0.306 e. The van der Waals surface area contributed by atoms with Crippen LogP contribution in [-0.4, -0.2) is 37.2 Å². The normalized spacial score (nSPS) is 12.5. The maximum absolute atomic E-state index is 12.8. The lowest BCUT2D eigenvalue weighted by Crippen LogP contribution is -2.30. The van der Waals surface area contributed by atoms with Crippen LogP contribution in [0.5, 0.6) is 0 Å². The molecule has 0 aliphatic heterocycles. The van der Waals surface area contributed by atoms with Gasteiger partial charge in [0.05, 0.1) is 0 Å². The quantitative estimate of drug-likeness (QED) is 0.0262. The lowest BCUT2D eigenvalue weighted by atomic mass is 10.0. The zero-order chi connectivity index (χ0) is 48.6. The summed E-state index contributed by atoms with van der Waals surface area (Å²) in [4.78, 5) is 38.1. The van der Waals surface area contributed by atoms with Gasteiger partial charge in [-0.05, 0) is 83.5 Å². The Bertz CT molecular complexity index is 1210. The molecule has 0 aromatic rings. The van der Waals surface area contributed by atoms with Gasteiger partial charge in [-0.15, -0.1) is 0 Å². The Morgan fingerprint density at radius 2 is 0.582 bits per heavy atom. The molecule has 0 bridgehead atoms. The fourth-order valence-electron chi connectivity index (χ4n) is 8.19. The molecule has 0 saturated heterocycles. The number of unbranched alkanes of at least 4 members (excludes halogenated alkanes) is 31. The molecule has 67 heavy (non-hydrogen) atoms. The van der Waals surface area contributed by atoms with Crippen molar-refractivity contribution in [3.05, 3.63) is 60.8 Å². The summed E-state index contributed by atoms with van der Waals surface area (Å²) >= 11 is 0. The highest BCUT2D eigenvalue weighted by atomic mass is 16.6. The Balaban J connectivity index is 4.35. The molecule has 1 unspecified atom stereocenters. The summed E-state index contributed by atoms with van der Waals surface area (Å²) in [5.74, 6) is -0.931. The molecule has 0 rings (SSSR count). The number of allylic oxidation sites excluding steroid dienone is 10. The predicted molar refractivity (Wildman–Crippen MR) is 288 cm³/mol. The second kappa shape index (κ2) is 55.7. The molecule has 0 aliphatic carbocycles. The van der Waals surface area contributed by atoms with Crippen LogP contribution in [0.15, 0.2) is 60.8 Å². The Morgan fingerprint density at radius 3 is 0.970 bits per heavy atom. The molecular formula is C61H108O6. The number of carbonyl (C=O) groups is 3. The first kappa shape index (κ1) is 64.1. The minimum Gasteiger partial charge on any atom is -0.462 e. The maximum atomic E-state index is 12.8. The SMILES string of the molecule is CC/C=C\C/C=C\C/C=C\C/C=C\CCCCC(=O)OC(COC(=O)CCCCCCC/C=C\CCCCCC)COC(=O)CCCCCCCCCCCCCCCCCCCCCCC. The van der Waals surface area contributed by atoms with E-state index >= 15 is 0 Å². The maximum Gasteiger partial charge on any atom is 0.306 e. The van der Waals surface area contributed by atoms with E-state index in [0.29, 0.717) is 19.3 Å². The first-order valence-corrected chi connectivity index (χ1v) is 28.8. The monoisotopic (exact) mass is 937 g/mol. The number of hydrogen-bond donors (Lipinski definition) is 0. The third kappa shape index (κ3) is 53.9. The third-order valence-electron chi connectivity index (χ3n) is 12.5. The molecule has 1 atom stereocenters. The van der Waals surface area contributed by atoms with Gasteiger partial charge in [0.2, 0.25) is 0 Å². The van der Waals surface area contributed by atoms with Gasteiger partial charge in [-0.2, -0.15) is 0 Å². The van der Waals surface area contributed by atoms with Gasteiger partial charge in [0.25, 0.3) is 0 Å². The van der Waals surface area contributed by atoms with Crippen molar-refractivity contribution in [3.8, 4) is 0 Å². The first-order valence-electron chi connectivity index (χ1n) is 28.8. The molecule has 6 nitrogen and oxygen atoms in total. The second-order valence-electron chi connectivity index (χ2n) is 19.2. The summed E-state index contributed by atoms with van der Waals surface area (Å²) < 4.78 is 16.8. The molecule has 0 saturated carbocycles. The van der Waals surface area contributed by atoms with Crippen LogP contribution in [-0.2, 0) is 28.6 Å². The summed E-state index contributed by atoms with van der Waals surface area (Å²) in [5.41, 5.74) is 0. The van der Waals surface area contributed by atoms with E-state index in [1.54, 1.807) is 0 Å². The molecule has 6 heteroatoms. The van der Waals surface area contributed by atoms with E-state index in [0.717, 1.165) is 83.5 Å². The molecule has 0 aliphatic rings. The number of rotatable bonds is 52. The van der Waals surface area contributed by atoms with Gasteiger partial charge in [-0.25, -0.2) is 0 Å². The molecule has 0 aromatic carbocycles. The van der Waals surface area contributed by atoms with Gasteiger partial charge < -0.3 is 14.2 Å². The minimum absolute atomic E-state index is 0.0910. The summed E-state index contributed by atoms with van der Waals surface area (Å²) in [6.07, 6.45) is 69.4. The zero-order valence-corrected chi connectivity index (χ0v) is 44.4. The van der Waals surface area contributed by atoms with E-state index in [1.165, 1.54) is 161 Å². The molecule has 0 fully saturated rings. The highest BCUT2D eigenvalue weighted by molar-refractivity contribution is 5.71. The van der Waals surface area contributed by atoms with E-state index in [2.05, 4.69) is 81.5 Å². The van der Waals surface area contributed by atoms with Crippen LogP contribution in [0, 0.1) is 0 Å². The van der Waals surface area contributed by atoms with E-state index in [1.807, 2.05) is 0 Å². The lowest BCUT2D eigenvalue weighted by molar-refractivity contribution is -0.167. The fourth-order valence-corrected chi connectivity index (χ4v) is 8.19. The minimum atomic E-state index is -0.797. The van der Waals surface area contributed by atoms with Crippen LogP contribution in [0.4, 0.5) is 0 Å². The van der Waals surface area contributed by atoms with E-state index in [-0.39, 0.29) is 37.5 Å². The van der Waals surface area contributed by atoms with Crippen LogP contribution >= 0.6 is 0 Å². The number of carbonyl (C=O) groups excluding carboxylic acids is 3. The molecule has 0 radical (unpaired) electrons. The number of esters is 3. The van der Waals surface area contributed by atoms with Crippen molar-refractivity contribution < 1.29 is 28.6 Å². The largest absolute Gasteiger partial charge is 0.462 e. The predicted octanol–water partition coefficient (Wildman–Crippen LogP) is 19.2. The Labute approximate surface area is 415 Å². The standard InChI is InChI=1S/C61H108O6/c1-4-7-10-13-16-19-22-25-27-28-29-30-31-32-34-36-39-42-45-48-51-54-60(63)66-57-58(56-65-59(62)53-50-47-44-41-38-35-24-21-18-15-12-9-6-3)67-61(64)55-52-49-46-43-40-37-33-26-23-20-17-14-11-8-5-2/h8,11,17,20-21,24,26,33,40,43,58H,4-7,9-10,12-16,18-19,22-23,25,27-32,34-39,41-42,44-57H2,1-3H3/b11-8-,20-17-,24-21-,33-26-,43-40-. The van der Waals surface area contributed by atoms with Gasteiger partial charge in [0.15, 0.2) is 6.10 Å². The topological polar surface area (TPSA) is 78.9 Å². The number of ether oxygens (including phenoxy) is 3. The average molecular weight is 938 g/mol. The Kier molecular flexibility index (Phi) is 53.3. The van der Waals surface area contributed by atoms with Crippen molar-refractivity contribution in [2.24, 2.45) is 0 Å². The van der Waals surface area contributed by atoms with Crippen LogP contribution < -0.4 is 0 Å². The van der Waals surface area contributed by atoms with Crippen LogP contribution in [0.1, 0.15) is 290 Å². The highest BCUT2D eigenvalue weighted by Gasteiger charge is 2.19. The summed E-state index contributed by atoms with van der Waals surface area (Å²) in [5, 5.41) is 0. The van der Waals surface area contributed by atoms with Gasteiger partial charge in [0.1, 0.15) is 13.2 Å². The zero-order valence-electron chi connectivity index (χ0n) is 44.4. The second-order valence-corrected chi connectivity index (χ2v) is 19.2. The Morgan fingerprint density at radius 1 is 0.313 bits per heavy atom. The summed E-state index contributed by atoms with van der Waals surface area (Å²) in [6.45, 7) is 6.50. The first-order chi connectivity index (χ1) is 33.0. The van der Waals surface area contributed by atoms with Gasteiger partial charge in [-0.1, -0.05) is 248 Å². The van der Waals surface area contributed by atoms with Crippen molar-refractivity contribution in [1.29, 1.82) is 0 Å². The number of hydrogen-bond acceptors (Lipinski definition) is 6. The van der Waals surface area contributed by atoms with Crippen molar-refractivity contribution in [3.63, 3.8) is 0 Å². The van der Waals surface area contributed by atoms with Gasteiger partial charge in [0, 0.05) is 19.3 Å². The van der Waals surface area contributed by atoms with E-state index in [4.69, 9.17) is 14.2 Å². The summed E-state index contributed by atoms with van der Waals surface area (Å²) in [7, 11) is 0. The summed E-state index contributed by atoms with van der Waals surface area (Å²) in [6, 6.07) is 0. The van der Waals surface area contributed by atoms with E-state index in [9.17, 15) is 14.4 Å². The van der Waals surface area contributed by atoms with Crippen molar-refractivity contribution in [2.45, 2.75) is 297 Å². The fraction of sp³-hybridized carbons (Fsp3) is 0.787. The van der Waals surface area contributed by atoms with Crippen LogP contribution in [0.25, 0.3) is 0 Å². The lowest BCUT2D eigenvalue weighted by Gasteiger charge is -2.18. The molecule has 388 valence electrons. The van der Waals surface area contributed by atoms with E-state index < -0.39 is 6.10 Å². The van der Waals surface area contributed by atoms with Crippen LogP contribution in [0.2, 0.25) is 0 Å².